The minimum Gasteiger partial charge on any atom is -0.320 e. The van der Waals surface area contributed by atoms with Gasteiger partial charge in [-0.2, -0.15) is 12.7 Å². The van der Waals surface area contributed by atoms with Crippen LogP contribution in [0.15, 0.2) is 6.20 Å². The van der Waals surface area contributed by atoms with E-state index in [9.17, 15) is 8.42 Å². The van der Waals surface area contributed by atoms with E-state index in [1.165, 1.54) is 20.3 Å². The molecule has 0 fully saturated rings. The van der Waals surface area contributed by atoms with E-state index in [0.29, 0.717) is 4.88 Å². The average molecular weight is 260 g/mol. The van der Waals surface area contributed by atoms with Crippen molar-refractivity contribution < 1.29 is 8.42 Å². The molecule has 0 aliphatic carbocycles. The monoisotopic (exact) mass is 260 g/mol. The Morgan fingerprint density at radius 3 is 2.88 bits per heavy atom. The Hall–Kier alpha value is -1.14. The van der Waals surface area contributed by atoms with E-state index in [1.54, 1.807) is 0 Å². The third-order valence-electron chi connectivity index (χ3n) is 1.52. The Morgan fingerprint density at radius 1 is 1.62 bits per heavy atom. The highest BCUT2D eigenvalue weighted by atomic mass is 32.2. The molecule has 0 aliphatic heterocycles. The lowest BCUT2D eigenvalue weighted by molar-refractivity contribution is 0.527. The van der Waals surface area contributed by atoms with Gasteiger partial charge in [-0.3, -0.25) is 0 Å². The molecule has 0 radical (unpaired) electrons. The summed E-state index contributed by atoms with van der Waals surface area (Å²) in [5.74, 6) is 5.44. The summed E-state index contributed by atoms with van der Waals surface area (Å²) in [5, 5.41) is 0.287. The first kappa shape index (κ1) is 12.9. The summed E-state index contributed by atoms with van der Waals surface area (Å²) in [7, 11) is -0.629. The first-order valence-electron chi connectivity index (χ1n) is 4.30. The van der Waals surface area contributed by atoms with Crippen molar-refractivity contribution in [3.05, 3.63) is 11.1 Å². The Kier molecular flexibility index (Phi) is 4.26. The molecule has 0 atom stereocenters. The molecular formula is C8H12N4O2S2. The lowest BCUT2D eigenvalue weighted by atomic mass is 10.5. The normalized spacial score (nSPS) is 11.0. The lowest BCUT2D eigenvalue weighted by Crippen LogP contribution is -2.28. The fraction of sp³-hybridized carbons (Fsp3) is 0.375. The van der Waals surface area contributed by atoms with Gasteiger partial charge in [-0.25, -0.2) is 9.71 Å². The number of thiazole rings is 1. The summed E-state index contributed by atoms with van der Waals surface area (Å²) in [6.45, 7) is 0.261. The van der Waals surface area contributed by atoms with Gasteiger partial charge in [-0.15, -0.1) is 0 Å². The molecule has 8 heteroatoms. The van der Waals surface area contributed by atoms with Gasteiger partial charge in [0, 0.05) is 14.1 Å². The third-order valence-corrected chi connectivity index (χ3v) is 3.89. The van der Waals surface area contributed by atoms with Crippen molar-refractivity contribution in [1.82, 2.24) is 9.29 Å². The van der Waals surface area contributed by atoms with Crippen molar-refractivity contribution in [3.8, 4) is 11.8 Å². The van der Waals surface area contributed by atoms with Crippen molar-refractivity contribution in [1.29, 1.82) is 0 Å². The van der Waals surface area contributed by atoms with E-state index in [1.807, 2.05) is 0 Å². The van der Waals surface area contributed by atoms with Crippen LogP contribution in [0.3, 0.4) is 0 Å². The van der Waals surface area contributed by atoms with E-state index in [-0.39, 0.29) is 11.7 Å². The Bertz CT molecular complexity index is 510. The maximum Gasteiger partial charge on any atom is 0.302 e. The minimum atomic E-state index is -3.50. The standard InChI is InChI=1S/C8H12N4O2S2/c1-12(2)16(13,14)11-8-10-6-7(15-8)4-3-5-9/h6H,5,9H2,1-2H3,(H,10,11). The van der Waals surface area contributed by atoms with Gasteiger partial charge < -0.3 is 5.73 Å². The topological polar surface area (TPSA) is 88.3 Å². The molecule has 88 valence electrons. The Morgan fingerprint density at radius 2 is 2.31 bits per heavy atom. The maximum absolute atomic E-state index is 11.4. The van der Waals surface area contributed by atoms with Crippen LogP contribution >= 0.6 is 11.3 Å². The second-order valence-corrected chi connectivity index (χ2v) is 5.84. The predicted octanol–water partition coefficient (Wildman–Crippen LogP) is -0.328. The zero-order valence-corrected chi connectivity index (χ0v) is 10.5. The molecule has 16 heavy (non-hydrogen) atoms. The summed E-state index contributed by atoms with van der Waals surface area (Å²) < 4.78 is 26.3. The zero-order valence-electron chi connectivity index (χ0n) is 8.89. The van der Waals surface area contributed by atoms with Gasteiger partial charge in [0.15, 0.2) is 5.13 Å². The Balaban J connectivity index is 2.81. The number of nitrogens with zero attached hydrogens (tertiary/aromatic N) is 2. The molecule has 0 saturated carbocycles. The zero-order chi connectivity index (χ0) is 12.2. The minimum absolute atomic E-state index is 0.261. The molecule has 0 unspecified atom stereocenters. The van der Waals surface area contributed by atoms with E-state index in [2.05, 4.69) is 21.5 Å². The number of nitrogens with two attached hydrogens (primary N) is 1. The van der Waals surface area contributed by atoms with Crippen molar-refractivity contribution >= 4 is 26.7 Å². The van der Waals surface area contributed by atoms with Gasteiger partial charge in [0.25, 0.3) is 0 Å². The lowest BCUT2D eigenvalue weighted by Gasteiger charge is -2.10. The number of rotatable bonds is 3. The largest absolute Gasteiger partial charge is 0.320 e. The molecule has 6 nitrogen and oxygen atoms in total. The highest BCUT2D eigenvalue weighted by Gasteiger charge is 2.14. The summed E-state index contributed by atoms with van der Waals surface area (Å²) in [6.07, 6.45) is 1.50. The SMILES string of the molecule is CN(C)S(=O)(=O)Nc1ncc(C#CCN)s1. The highest BCUT2D eigenvalue weighted by Crippen LogP contribution is 2.18. The quantitative estimate of drug-likeness (QED) is 0.728. The molecule has 0 aliphatic rings. The number of hydrogen-bond donors (Lipinski definition) is 2. The van der Waals surface area contributed by atoms with E-state index >= 15 is 0 Å². The number of hydrogen-bond acceptors (Lipinski definition) is 5. The van der Waals surface area contributed by atoms with Gasteiger partial charge in [0.05, 0.1) is 17.6 Å². The van der Waals surface area contributed by atoms with Crippen LogP contribution in [0.2, 0.25) is 0 Å². The van der Waals surface area contributed by atoms with Crippen LogP contribution in [-0.2, 0) is 10.2 Å². The van der Waals surface area contributed by atoms with Crippen molar-refractivity contribution in [3.63, 3.8) is 0 Å². The molecule has 1 heterocycles. The van der Waals surface area contributed by atoms with Gasteiger partial charge in [0.2, 0.25) is 0 Å². The summed E-state index contributed by atoms with van der Waals surface area (Å²) in [6, 6.07) is 0. The van der Waals surface area contributed by atoms with Gasteiger partial charge in [-0.1, -0.05) is 23.2 Å². The van der Waals surface area contributed by atoms with E-state index < -0.39 is 10.2 Å². The van der Waals surface area contributed by atoms with Crippen LogP contribution in [0.1, 0.15) is 4.88 Å². The van der Waals surface area contributed by atoms with Crippen LogP contribution in [0.5, 0.6) is 0 Å². The highest BCUT2D eigenvalue weighted by molar-refractivity contribution is 7.90. The van der Waals surface area contributed by atoms with E-state index in [4.69, 9.17) is 5.73 Å². The predicted molar refractivity (Wildman–Crippen MR) is 64.3 cm³/mol. The van der Waals surface area contributed by atoms with Crippen molar-refractivity contribution in [2.24, 2.45) is 5.73 Å². The number of aromatic nitrogens is 1. The van der Waals surface area contributed by atoms with E-state index in [0.717, 1.165) is 15.6 Å². The summed E-state index contributed by atoms with van der Waals surface area (Å²) in [4.78, 5) is 4.56. The molecule has 3 N–H and O–H groups in total. The van der Waals surface area contributed by atoms with Crippen LogP contribution in [-0.4, -0.2) is 38.3 Å². The summed E-state index contributed by atoms with van der Waals surface area (Å²) >= 11 is 1.16. The van der Waals surface area contributed by atoms with Crippen molar-refractivity contribution in [2.45, 2.75) is 0 Å². The molecule has 0 spiro atoms. The van der Waals surface area contributed by atoms with Gasteiger partial charge in [0.1, 0.15) is 0 Å². The maximum atomic E-state index is 11.4. The van der Waals surface area contributed by atoms with Crippen LogP contribution in [0, 0.1) is 11.8 Å². The molecule has 0 bridgehead atoms. The second kappa shape index (κ2) is 5.27. The second-order valence-electron chi connectivity index (χ2n) is 2.93. The van der Waals surface area contributed by atoms with Crippen molar-refractivity contribution in [2.75, 3.05) is 25.4 Å². The fourth-order valence-electron chi connectivity index (χ4n) is 0.719. The van der Waals surface area contributed by atoms with Crippen LogP contribution < -0.4 is 10.5 Å². The third kappa shape index (κ3) is 3.46. The van der Waals surface area contributed by atoms with Gasteiger partial charge in [-0.05, 0) is 0 Å². The molecule has 1 rings (SSSR count). The van der Waals surface area contributed by atoms with Gasteiger partial charge >= 0.3 is 10.2 Å². The molecule has 0 aromatic carbocycles. The molecule has 0 amide bonds. The molecular weight excluding hydrogens is 248 g/mol. The van der Waals surface area contributed by atoms with Crippen LogP contribution in [0.4, 0.5) is 5.13 Å². The smallest absolute Gasteiger partial charge is 0.302 e. The molecule has 1 aromatic rings. The number of nitrogens with one attached hydrogen (secondary N) is 1. The Labute approximate surface area is 98.7 Å². The molecule has 1 aromatic heterocycles. The molecule has 0 saturated heterocycles. The fourth-order valence-corrected chi connectivity index (χ4v) is 2.20. The summed E-state index contributed by atoms with van der Waals surface area (Å²) in [5.41, 5.74) is 5.22. The van der Waals surface area contributed by atoms with Crippen LogP contribution in [0.25, 0.3) is 0 Å². The first-order valence-corrected chi connectivity index (χ1v) is 6.56. The first-order chi connectivity index (χ1) is 7.45. The number of anilines is 1. The average Bonchev–Trinajstić information content (AvgIpc) is 2.61.